The van der Waals surface area contributed by atoms with E-state index in [2.05, 4.69) is 87.9 Å². The van der Waals surface area contributed by atoms with E-state index in [1.165, 1.54) is 32.5 Å². The topological polar surface area (TPSA) is 63.3 Å². The van der Waals surface area contributed by atoms with Gasteiger partial charge in [0.2, 0.25) is 5.75 Å². The summed E-state index contributed by atoms with van der Waals surface area (Å²) in [7, 11) is 4.59. The molecular formula is C33H35N3O4. The van der Waals surface area contributed by atoms with Crippen molar-refractivity contribution in [3.05, 3.63) is 114 Å². The maximum absolute atomic E-state index is 13.0. The fourth-order valence-corrected chi connectivity index (χ4v) is 5.29. The van der Waals surface area contributed by atoms with Crippen LogP contribution in [0.2, 0.25) is 0 Å². The molecule has 0 saturated carbocycles. The van der Waals surface area contributed by atoms with Gasteiger partial charge in [-0.05, 0) is 47.5 Å². The summed E-state index contributed by atoms with van der Waals surface area (Å²) in [6, 6.07) is 33.0. The Labute approximate surface area is 235 Å². The molecule has 40 heavy (non-hydrogen) atoms. The van der Waals surface area contributed by atoms with E-state index in [4.69, 9.17) is 14.2 Å². The molecule has 0 aliphatic carbocycles. The molecule has 0 unspecified atom stereocenters. The first kappa shape index (κ1) is 27.1. The molecule has 4 aromatic carbocycles. The summed E-state index contributed by atoms with van der Waals surface area (Å²) in [5.41, 5.74) is 4.90. The molecule has 206 valence electrons. The predicted molar refractivity (Wildman–Crippen MR) is 159 cm³/mol. The number of methoxy groups -OCH3 is 3. The van der Waals surface area contributed by atoms with Gasteiger partial charge < -0.3 is 24.4 Å². The predicted octanol–water partition coefficient (Wildman–Crippen LogP) is 5.88. The molecule has 0 spiro atoms. The molecule has 0 atom stereocenters. The summed E-state index contributed by atoms with van der Waals surface area (Å²) in [4.78, 5) is 18.0. The average Bonchev–Trinajstić information content (AvgIpc) is 3.02. The molecule has 1 N–H and O–H groups in total. The standard InChI is InChI=1S/C33H35N3O4/c1-38-29-22-26(23-30(39-2)32(29)40-3)33(37)34-27-14-16-28(17-15-27)35-18-20-36(21-19-35)31(24-10-6-4-7-11-24)25-12-8-5-9-13-25/h4-17,22-23,31H,18-21H2,1-3H3,(H,34,37). The van der Waals surface area contributed by atoms with E-state index < -0.39 is 0 Å². The van der Waals surface area contributed by atoms with Crippen LogP contribution in [-0.4, -0.2) is 58.3 Å². The number of carbonyl (C=O) groups excluding carboxylic acids is 1. The second kappa shape index (κ2) is 12.6. The van der Waals surface area contributed by atoms with E-state index in [1.807, 2.05) is 12.1 Å². The number of benzene rings is 4. The van der Waals surface area contributed by atoms with Gasteiger partial charge in [-0.25, -0.2) is 0 Å². The van der Waals surface area contributed by atoms with Gasteiger partial charge in [0.1, 0.15) is 0 Å². The van der Waals surface area contributed by atoms with Crippen LogP contribution in [0.15, 0.2) is 97.1 Å². The quantitative estimate of drug-likeness (QED) is 0.288. The zero-order valence-corrected chi connectivity index (χ0v) is 23.2. The Hall–Kier alpha value is -4.49. The summed E-state index contributed by atoms with van der Waals surface area (Å²) in [5, 5.41) is 2.97. The van der Waals surface area contributed by atoms with Crippen molar-refractivity contribution < 1.29 is 19.0 Å². The van der Waals surface area contributed by atoms with Crippen LogP contribution in [0.5, 0.6) is 17.2 Å². The van der Waals surface area contributed by atoms with Crippen molar-refractivity contribution in [3.63, 3.8) is 0 Å². The number of rotatable bonds is 9. The van der Waals surface area contributed by atoms with Crippen molar-refractivity contribution in [2.45, 2.75) is 6.04 Å². The minimum Gasteiger partial charge on any atom is -0.493 e. The highest BCUT2D eigenvalue weighted by Gasteiger charge is 2.26. The molecule has 5 rings (SSSR count). The van der Waals surface area contributed by atoms with Gasteiger partial charge in [0.25, 0.3) is 5.91 Å². The summed E-state index contributed by atoms with van der Waals surface area (Å²) in [6.45, 7) is 3.75. The van der Waals surface area contributed by atoms with Crippen LogP contribution in [0, 0.1) is 0 Å². The van der Waals surface area contributed by atoms with E-state index in [9.17, 15) is 4.79 Å². The second-order valence-electron chi connectivity index (χ2n) is 9.66. The molecule has 1 heterocycles. The third kappa shape index (κ3) is 5.90. The first-order valence-corrected chi connectivity index (χ1v) is 13.4. The van der Waals surface area contributed by atoms with Crippen molar-refractivity contribution in [1.29, 1.82) is 0 Å². The van der Waals surface area contributed by atoms with E-state index in [1.54, 1.807) is 12.1 Å². The second-order valence-corrected chi connectivity index (χ2v) is 9.66. The van der Waals surface area contributed by atoms with Gasteiger partial charge in [-0.3, -0.25) is 9.69 Å². The Balaban J connectivity index is 1.24. The monoisotopic (exact) mass is 537 g/mol. The molecule has 0 radical (unpaired) electrons. The minimum atomic E-state index is -0.256. The zero-order chi connectivity index (χ0) is 27.9. The maximum atomic E-state index is 13.0. The lowest BCUT2D eigenvalue weighted by atomic mass is 9.96. The van der Waals surface area contributed by atoms with Gasteiger partial charge >= 0.3 is 0 Å². The minimum absolute atomic E-state index is 0.234. The molecule has 7 nitrogen and oxygen atoms in total. The largest absolute Gasteiger partial charge is 0.493 e. The first-order chi connectivity index (χ1) is 19.6. The number of hydrogen-bond acceptors (Lipinski definition) is 6. The van der Waals surface area contributed by atoms with Crippen LogP contribution in [0.25, 0.3) is 0 Å². The number of ether oxygens (including phenoxy) is 3. The van der Waals surface area contributed by atoms with Crippen LogP contribution < -0.4 is 24.4 Å². The highest BCUT2D eigenvalue weighted by Crippen LogP contribution is 2.38. The Bertz CT molecular complexity index is 1340. The maximum Gasteiger partial charge on any atom is 0.255 e. The first-order valence-electron chi connectivity index (χ1n) is 13.4. The zero-order valence-electron chi connectivity index (χ0n) is 23.2. The number of nitrogens with one attached hydrogen (secondary N) is 1. The number of carbonyl (C=O) groups is 1. The van der Waals surface area contributed by atoms with Gasteiger partial charge in [0.05, 0.1) is 27.4 Å². The van der Waals surface area contributed by atoms with Gasteiger partial charge in [0.15, 0.2) is 11.5 Å². The molecular weight excluding hydrogens is 502 g/mol. The summed E-state index contributed by atoms with van der Waals surface area (Å²) in [5.74, 6) is 1.06. The van der Waals surface area contributed by atoms with Gasteiger partial charge in [-0.2, -0.15) is 0 Å². The van der Waals surface area contributed by atoms with Gasteiger partial charge in [-0.1, -0.05) is 60.7 Å². The van der Waals surface area contributed by atoms with Crippen LogP contribution in [-0.2, 0) is 0 Å². The van der Waals surface area contributed by atoms with Crippen molar-refractivity contribution >= 4 is 17.3 Å². The van der Waals surface area contributed by atoms with E-state index in [-0.39, 0.29) is 11.9 Å². The number of anilines is 2. The van der Waals surface area contributed by atoms with Crippen molar-refractivity contribution in [2.24, 2.45) is 0 Å². The molecule has 0 bridgehead atoms. The normalized spacial score (nSPS) is 13.7. The number of nitrogens with zero attached hydrogens (tertiary/aromatic N) is 2. The highest BCUT2D eigenvalue weighted by atomic mass is 16.5. The van der Waals surface area contributed by atoms with E-state index in [0.29, 0.717) is 28.5 Å². The fourth-order valence-electron chi connectivity index (χ4n) is 5.29. The van der Waals surface area contributed by atoms with Crippen molar-refractivity contribution in [3.8, 4) is 17.2 Å². The number of amides is 1. The molecule has 1 saturated heterocycles. The third-order valence-electron chi connectivity index (χ3n) is 7.33. The molecule has 1 amide bonds. The van der Waals surface area contributed by atoms with Crippen LogP contribution in [0.1, 0.15) is 27.5 Å². The summed E-state index contributed by atoms with van der Waals surface area (Å²) < 4.78 is 16.1. The highest BCUT2D eigenvalue weighted by molar-refractivity contribution is 6.05. The lowest BCUT2D eigenvalue weighted by Crippen LogP contribution is -2.48. The molecule has 4 aromatic rings. The van der Waals surface area contributed by atoms with Gasteiger partial charge in [-0.15, -0.1) is 0 Å². The van der Waals surface area contributed by atoms with Crippen LogP contribution in [0.4, 0.5) is 11.4 Å². The molecule has 1 fully saturated rings. The Kier molecular flexibility index (Phi) is 8.52. The fraction of sp³-hybridized carbons (Fsp3) is 0.242. The number of hydrogen-bond donors (Lipinski definition) is 1. The number of piperazine rings is 1. The van der Waals surface area contributed by atoms with Crippen molar-refractivity contribution in [1.82, 2.24) is 4.90 Å². The SMILES string of the molecule is COc1cc(C(=O)Nc2ccc(N3CCN(C(c4ccccc4)c4ccccc4)CC3)cc2)cc(OC)c1OC. The molecule has 1 aliphatic rings. The Morgan fingerprint density at radius 3 is 1.70 bits per heavy atom. The van der Waals surface area contributed by atoms with E-state index in [0.717, 1.165) is 31.9 Å². The third-order valence-corrected chi connectivity index (χ3v) is 7.33. The lowest BCUT2D eigenvalue weighted by molar-refractivity contribution is 0.102. The Morgan fingerprint density at radius 2 is 1.23 bits per heavy atom. The van der Waals surface area contributed by atoms with Crippen LogP contribution >= 0.6 is 0 Å². The van der Waals surface area contributed by atoms with E-state index >= 15 is 0 Å². The lowest BCUT2D eigenvalue weighted by Gasteiger charge is -2.40. The van der Waals surface area contributed by atoms with Crippen LogP contribution in [0.3, 0.4) is 0 Å². The average molecular weight is 538 g/mol. The molecule has 0 aromatic heterocycles. The smallest absolute Gasteiger partial charge is 0.255 e. The van der Waals surface area contributed by atoms with Crippen molar-refractivity contribution in [2.75, 3.05) is 57.7 Å². The Morgan fingerprint density at radius 1 is 0.700 bits per heavy atom. The summed E-state index contributed by atoms with van der Waals surface area (Å²) in [6.07, 6.45) is 0. The molecule has 1 aliphatic heterocycles. The molecule has 7 heteroatoms. The van der Waals surface area contributed by atoms with Gasteiger partial charge in [0, 0.05) is 43.1 Å². The summed E-state index contributed by atoms with van der Waals surface area (Å²) >= 11 is 0.